The molecule has 0 aliphatic carbocycles. The number of carbonyl (C=O) groups excluding carboxylic acids is 1. The van der Waals surface area contributed by atoms with Crippen LogP contribution in [0.5, 0.6) is 5.75 Å². The van der Waals surface area contributed by atoms with Crippen LogP contribution in [0.1, 0.15) is 68.6 Å². The fraction of sp³-hybridized carbons (Fsp3) is 0.588. The molecule has 0 spiro atoms. The van der Waals surface area contributed by atoms with Gasteiger partial charge in [0.2, 0.25) is 0 Å². The number of para-hydroxylation sites is 1. The number of rotatable bonds is 11. The van der Waals surface area contributed by atoms with Crippen molar-refractivity contribution in [2.24, 2.45) is 5.84 Å². The number of nitrogen functional groups attached to an aromatic ring is 1. The van der Waals surface area contributed by atoms with Crippen molar-refractivity contribution < 1.29 is 9.53 Å². The summed E-state index contributed by atoms with van der Waals surface area (Å²) in [7, 11) is 0. The van der Waals surface area contributed by atoms with Crippen LogP contribution in [0.3, 0.4) is 0 Å². The van der Waals surface area contributed by atoms with Crippen LogP contribution in [-0.4, -0.2) is 12.5 Å². The van der Waals surface area contributed by atoms with E-state index in [1.807, 2.05) is 6.07 Å². The van der Waals surface area contributed by atoms with Crippen LogP contribution in [0.15, 0.2) is 24.3 Å². The SMILES string of the molecule is CCCCCCCCCCOc1ccccc1C(=O)NN. The smallest absolute Gasteiger partial charge is 0.268 e. The first-order valence-electron chi connectivity index (χ1n) is 8.02. The topological polar surface area (TPSA) is 64.3 Å². The van der Waals surface area contributed by atoms with E-state index in [1.54, 1.807) is 18.2 Å². The molecule has 0 atom stereocenters. The molecule has 0 saturated carbocycles. The average Bonchev–Trinajstić information content (AvgIpc) is 2.53. The van der Waals surface area contributed by atoms with Crippen molar-refractivity contribution in [2.75, 3.05) is 6.61 Å². The molecule has 0 heterocycles. The molecular weight excluding hydrogens is 264 g/mol. The van der Waals surface area contributed by atoms with Gasteiger partial charge in [-0.2, -0.15) is 0 Å². The number of ether oxygens (including phenoxy) is 1. The van der Waals surface area contributed by atoms with Gasteiger partial charge in [0.15, 0.2) is 0 Å². The molecule has 1 aromatic rings. The number of hydrogen-bond donors (Lipinski definition) is 2. The second kappa shape index (κ2) is 11.1. The molecule has 1 rings (SSSR count). The highest BCUT2D eigenvalue weighted by Gasteiger charge is 2.09. The van der Waals surface area contributed by atoms with Crippen molar-refractivity contribution in [3.05, 3.63) is 29.8 Å². The number of nitrogens with one attached hydrogen (secondary N) is 1. The van der Waals surface area contributed by atoms with Gasteiger partial charge in [-0.15, -0.1) is 0 Å². The van der Waals surface area contributed by atoms with E-state index >= 15 is 0 Å². The molecule has 0 bridgehead atoms. The van der Waals surface area contributed by atoms with E-state index in [0.717, 1.165) is 6.42 Å². The van der Waals surface area contributed by atoms with Gasteiger partial charge >= 0.3 is 0 Å². The van der Waals surface area contributed by atoms with Crippen LogP contribution in [0.25, 0.3) is 0 Å². The average molecular weight is 292 g/mol. The Morgan fingerprint density at radius 2 is 1.67 bits per heavy atom. The van der Waals surface area contributed by atoms with Crippen molar-refractivity contribution in [1.82, 2.24) is 5.43 Å². The summed E-state index contributed by atoms with van der Waals surface area (Å²) in [5.41, 5.74) is 2.62. The summed E-state index contributed by atoms with van der Waals surface area (Å²) in [6, 6.07) is 7.17. The zero-order chi connectivity index (χ0) is 15.3. The molecule has 4 heteroatoms. The number of unbranched alkanes of at least 4 members (excludes halogenated alkanes) is 7. The first-order valence-corrected chi connectivity index (χ1v) is 8.02. The standard InChI is InChI=1S/C17H28N2O2/c1-2-3-4-5-6-7-8-11-14-21-16-13-10-9-12-15(16)17(20)19-18/h9-10,12-13H,2-8,11,14,18H2,1H3,(H,19,20). The third-order valence-electron chi connectivity index (χ3n) is 3.52. The molecule has 0 saturated heterocycles. The lowest BCUT2D eigenvalue weighted by atomic mass is 10.1. The van der Waals surface area contributed by atoms with Gasteiger partial charge in [0.05, 0.1) is 12.2 Å². The minimum absolute atomic E-state index is 0.318. The van der Waals surface area contributed by atoms with Crippen LogP contribution in [0.2, 0.25) is 0 Å². The van der Waals surface area contributed by atoms with E-state index in [0.29, 0.717) is 17.9 Å². The molecule has 4 nitrogen and oxygen atoms in total. The molecular formula is C17H28N2O2. The minimum Gasteiger partial charge on any atom is -0.493 e. The Labute approximate surface area is 128 Å². The number of nitrogens with two attached hydrogens (primary N) is 1. The van der Waals surface area contributed by atoms with E-state index in [9.17, 15) is 4.79 Å². The quantitative estimate of drug-likeness (QED) is 0.282. The lowest BCUT2D eigenvalue weighted by Crippen LogP contribution is -2.30. The van der Waals surface area contributed by atoms with Crippen molar-refractivity contribution in [2.45, 2.75) is 58.3 Å². The van der Waals surface area contributed by atoms with Gasteiger partial charge in [-0.3, -0.25) is 10.2 Å². The molecule has 0 radical (unpaired) electrons. The van der Waals surface area contributed by atoms with Crippen molar-refractivity contribution in [3.63, 3.8) is 0 Å². The van der Waals surface area contributed by atoms with Gasteiger partial charge in [-0.05, 0) is 18.6 Å². The third kappa shape index (κ3) is 7.14. The molecule has 1 amide bonds. The zero-order valence-corrected chi connectivity index (χ0v) is 13.1. The van der Waals surface area contributed by atoms with Crippen LogP contribution in [-0.2, 0) is 0 Å². The second-order valence-corrected chi connectivity index (χ2v) is 5.29. The molecule has 0 aromatic heterocycles. The Balaban J connectivity index is 2.17. The minimum atomic E-state index is -0.318. The highest BCUT2D eigenvalue weighted by atomic mass is 16.5. The Morgan fingerprint density at radius 1 is 1.05 bits per heavy atom. The normalized spacial score (nSPS) is 10.4. The van der Waals surface area contributed by atoms with Gasteiger partial charge in [0.25, 0.3) is 5.91 Å². The van der Waals surface area contributed by atoms with Crippen LogP contribution >= 0.6 is 0 Å². The van der Waals surface area contributed by atoms with E-state index < -0.39 is 0 Å². The van der Waals surface area contributed by atoms with Crippen molar-refractivity contribution >= 4 is 5.91 Å². The molecule has 118 valence electrons. The van der Waals surface area contributed by atoms with Gasteiger partial charge in [0, 0.05) is 0 Å². The summed E-state index contributed by atoms with van der Waals surface area (Å²) in [6.45, 7) is 2.88. The summed E-state index contributed by atoms with van der Waals surface area (Å²) in [5, 5.41) is 0. The number of hydrazine groups is 1. The van der Waals surface area contributed by atoms with Gasteiger partial charge in [-0.1, -0.05) is 64.0 Å². The molecule has 3 N–H and O–H groups in total. The number of benzene rings is 1. The Hall–Kier alpha value is -1.55. The summed E-state index contributed by atoms with van der Waals surface area (Å²) in [5.74, 6) is 5.44. The summed E-state index contributed by atoms with van der Waals surface area (Å²) in [6.07, 6.45) is 10.1. The molecule has 0 fully saturated rings. The van der Waals surface area contributed by atoms with Crippen LogP contribution in [0, 0.1) is 0 Å². The first-order chi connectivity index (χ1) is 10.3. The number of hydrogen-bond acceptors (Lipinski definition) is 3. The lowest BCUT2D eigenvalue weighted by Gasteiger charge is -2.10. The number of amides is 1. The zero-order valence-electron chi connectivity index (χ0n) is 13.1. The van der Waals surface area contributed by atoms with E-state index in [4.69, 9.17) is 10.6 Å². The van der Waals surface area contributed by atoms with Gasteiger partial charge in [-0.25, -0.2) is 5.84 Å². The highest BCUT2D eigenvalue weighted by molar-refractivity contribution is 5.96. The predicted molar refractivity (Wildman–Crippen MR) is 86.2 cm³/mol. The van der Waals surface area contributed by atoms with E-state index in [1.165, 1.54) is 44.9 Å². The molecule has 0 aliphatic rings. The van der Waals surface area contributed by atoms with Gasteiger partial charge in [0.1, 0.15) is 5.75 Å². The van der Waals surface area contributed by atoms with Crippen molar-refractivity contribution in [3.8, 4) is 5.75 Å². The van der Waals surface area contributed by atoms with Crippen LogP contribution in [0.4, 0.5) is 0 Å². The fourth-order valence-corrected chi connectivity index (χ4v) is 2.28. The second-order valence-electron chi connectivity index (χ2n) is 5.29. The highest BCUT2D eigenvalue weighted by Crippen LogP contribution is 2.18. The Morgan fingerprint density at radius 3 is 2.33 bits per heavy atom. The van der Waals surface area contributed by atoms with E-state index in [2.05, 4.69) is 12.3 Å². The summed E-state index contributed by atoms with van der Waals surface area (Å²) < 4.78 is 5.69. The predicted octanol–water partition coefficient (Wildman–Crippen LogP) is 3.81. The molecule has 21 heavy (non-hydrogen) atoms. The Bertz CT molecular complexity index is 408. The first kappa shape index (κ1) is 17.5. The van der Waals surface area contributed by atoms with Crippen LogP contribution < -0.4 is 16.0 Å². The summed E-state index contributed by atoms with van der Waals surface area (Å²) >= 11 is 0. The Kier molecular flexibility index (Phi) is 9.29. The van der Waals surface area contributed by atoms with Gasteiger partial charge < -0.3 is 4.74 Å². The maximum atomic E-state index is 11.6. The molecule has 0 unspecified atom stereocenters. The molecule has 0 aliphatic heterocycles. The maximum absolute atomic E-state index is 11.6. The fourth-order valence-electron chi connectivity index (χ4n) is 2.28. The van der Waals surface area contributed by atoms with Crippen molar-refractivity contribution in [1.29, 1.82) is 0 Å². The third-order valence-corrected chi connectivity index (χ3v) is 3.52. The maximum Gasteiger partial charge on any atom is 0.268 e. The largest absolute Gasteiger partial charge is 0.493 e. The lowest BCUT2D eigenvalue weighted by molar-refractivity contribution is 0.0949. The summed E-state index contributed by atoms with van der Waals surface area (Å²) in [4.78, 5) is 11.6. The number of carbonyl (C=O) groups is 1. The molecule has 1 aromatic carbocycles. The van der Waals surface area contributed by atoms with E-state index in [-0.39, 0.29) is 5.91 Å². The monoisotopic (exact) mass is 292 g/mol.